The van der Waals surface area contributed by atoms with Crippen molar-refractivity contribution < 1.29 is 13.2 Å². The van der Waals surface area contributed by atoms with Crippen LogP contribution in [0.25, 0.3) is 0 Å². The minimum atomic E-state index is -4.43. The molecule has 0 aromatic heterocycles. The number of benzene rings is 1. The predicted octanol–water partition coefficient (Wildman–Crippen LogP) is 7.23. The SMILES string of the molecule is CCCCCCN(CCCCCC)[C@@H]1CCCC[C@H]1Nc1c(Nc2ccc(C(F)(F)F)cc2)c(=O)c1=O. The summed E-state index contributed by atoms with van der Waals surface area (Å²) in [6, 6.07) is 4.84. The topological polar surface area (TPSA) is 61.4 Å². The fourth-order valence-electron chi connectivity index (χ4n) is 5.36. The zero-order valence-electron chi connectivity index (χ0n) is 22.3. The molecule has 1 fully saturated rings. The van der Waals surface area contributed by atoms with Crippen LogP contribution in [0, 0.1) is 0 Å². The molecule has 3 rings (SSSR count). The molecule has 0 amide bonds. The summed E-state index contributed by atoms with van der Waals surface area (Å²) in [7, 11) is 0. The summed E-state index contributed by atoms with van der Waals surface area (Å²) >= 11 is 0. The maximum Gasteiger partial charge on any atom is 0.416 e. The third-order valence-corrected chi connectivity index (χ3v) is 7.52. The highest BCUT2D eigenvalue weighted by molar-refractivity contribution is 5.79. The molecule has 0 saturated heterocycles. The number of hydrogen-bond donors (Lipinski definition) is 2. The number of rotatable bonds is 15. The molecule has 1 saturated carbocycles. The summed E-state index contributed by atoms with van der Waals surface area (Å²) < 4.78 is 38.7. The Kier molecular flexibility index (Phi) is 11.0. The first-order valence-corrected chi connectivity index (χ1v) is 14.0. The zero-order valence-corrected chi connectivity index (χ0v) is 22.3. The maximum atomic E-state index is 12.9. The number of anilines is 3. The lowest BCUT2D eigenvalue weighted by atomic mass is 9.88. The Bertz CT molecular complexity index is 1020. The van der Waals surface area contributed by atoms with Crippen molar-refractivity contribution in [1.29, 1.82) is 0 Å². The molecule has 0 spiro atoms. The van der Waals surface area contributed by atoms with Crippen molar-refractivity contribution in [3.63, 3.8) is 0 Å². The average molecular weight is 522 g/mol. The molecule has 2 aromatic rings. The first-order valence-electron chi connectivity index (χ1n) is 14.0. The third kappa shape index (κ3) is 8.06. The van der Waals surface area contributed by atoms with Gasteiger partial charge in [-0.1, -0.05) is 65.2 Å². The van der Waals surface area contributed by atoms with E-state index in [1.807, 2.05) is 0 Å². The molecule has 0 radical (unpaired) electrons. The Morgan fingerprint density at radius 1 is 0.811 bits per heavy atom. The molecular weight excluding hydrogens is 479 g/mol. The number of nitrogens with one attached hydrogen (secondary N) is 2. The molecule has 37 heavy (non-hydrogen) atoms. The first-order chi connectivity index (χ1) is 17.8. The monoisotopic (exact) mass is 521 g/mol. The van der Waals surface area contributed by atoms with Crippen molar-refractivity contribution in [2.45, 2.75) is 109 Å². The molecule has 2 aromatic carbocycles. The zero-order chi connectivity index (χ0) is 26.8. The lowest BCUT2D eigenvalue weighted by Gasteiger charge is -2.41. The van der Waals surface area contributed by atoms with Gasteiger partial charge in [0.05, 0.1) is 5.56 Å². The second-order valence-electron chi connectivity index (χ2n) is 10.4. The van der Waals surface area contributed by atoms with Gasteiger partial charge in [-0.15, -0.1) is 0 Å². The Hall–Kier alpha value is -2.35. The van der Waals surface area contributed by atoms with E-state index in [4.69, 9.17) is 0 Å². The lowest BCUT2D eigenvalue weighted by Crippen LogP contribution is -2.51. The van der Waals surface area contributed by atoms with Crippen molar-refractivity contribution in [2.24, 2.45) is 0 Å². The summed E-state index contributed by atoms with van der Waals surface area (Å²) in [4.78, 5) is 27.5. The number of halogens is 3. The average Bonchev–Trinajstić information content (AvgIpc) is 2.89. The number of unbranched alkanes of at least 4 members (excludes halogenated alkanes) is 6. The maximum absolute atomic E-state index is 12.9. The van der Waals surface area contributed by atoms with Crippen LogP contribution in [0.4, 0.5) is 30.2 Å². The van der Waals surface area contributed by atoms with E-state index in [-0.39, 0.29) is 17.4 Å². The summed E-state index contributed by atoms with van der Waals surface area (Å²) in [6.45, 7) is 6.50. The molecule has 0 heterocycles. The second kappa shape index (κ2) is 14.0. The van der Waals surface area contributed by atoms with Gasteiger partial charge in [0.15, 0.2) is 0 Å². The molecule has 8 heteroatoms. The van der Waals surface area contributed by atoms with E-state index >= 15 is 0 Å². The Morgan fingerprint density at radius 2 is 1.38 bits per heavy atom. The molecule has 0 bridgehead atoms. The fraction of sp³-hybridized carbons (Fsp3) is 0.655. The molecule has 1 aliphatic rings. The van der Waals surface area contributed by atoms with E-state index in [2.05, 4.69) is 29.4 Å². The minimum absolute atomic E-state index is 0.0579. The normalized spacial score (nSPS) is 18.4. The Labute approximate surface area is 218 Å². The standard InChI is InChI=1S/C29H42F3N3O2/c1-3-5-7-11-19-35(20-12-8-6-4-2)24-14-10-9-13-23(24)34-26-25(27(36)28(26)37)33-22-17-15-21(16-18-22)29(30,31)32/h15-18,23-24,33-34H,3-14,19-20H2,1-2H3/t23-,24-/m1/s1. The third-order valence-electron chi connectivity index (χ3n) is 7.52. The highest BCUT2D eigenvalue weighted by Gasteiger charge is 2.33. The van der Waals surface area contributed by atoms with Gasteiger partial charge in [-0.25, -0.2) is 0 Å². The molecule has 0 aliphatic heterocycles. The van der Waals surface area contributed by atoms with E-state index in [9.17, 15) is 22.8 Å². The van der Waals surface area contributed by atoms with E-state index < -0.39 is 22.6 Å². The van der Waals surface area contributed by atoms with E-state index in [0.717, 1.165) is 63.7 Å². The second-order valence-corrected chi connectivity index (χ2v) is 10.4. The molecule has 5 nitrogen and oxygen atoms in total. The van der Waals surface area contributed by atoms with Gasteiger partial charge in [0.25, 0.3) is 10.9 Å². The van der Waals surface area contributed by atoms with Gasteiger partial charge in [0.1, 0.15) is 11.4 Å². The van der Waals surface area contributed by atoms with Crippen LogP contribution in [0.15, 0.2) is 33.9 Å². The van der Waals surface area contributed by atoms with Gasteiger partial charge in [-0.3, -0.25) is 14.5 Å². The van der Waals surface area contributed by atoms with Gasteiger partial charge in [0, 0.05) is 17.8 Å². The highest BCUT2D eigenvalue weighted by Crippen LogP contribution is 2.32. The summed E-state index contributed by atoms with van der Waals surface area (Å²) in [5, 5.41) is 6.28. The minimum Gasteiger partial charge on any atom is -0.376 e. The molecule has 0 unspecified atom stereocenters. The Balaban J connectivity index is 1.72. The van der Waals surface area contributed by atoms with Crippen molar-refractivity contribution in [3.8, 4) is 0 Å². The smallest absolute Gasteiger partial charge is 0.376 e. The van der Waals surface area contributed by atoms with Crippen LogP contribution >= 0.6 is 0 Å². The quantitative estimate of drug-likeness (QED) is 0.191. The first kappa shape index (κ1) is 29.2. The largest absolute Gasteiger partial charge is 0.416 e. The van der Waals surface area contributed by atoms with E-state index in [1.54, 1.807) is 0 Å². The van der Waals surface area contributed by atoms with Crippen LogP contribution in [-0.4, -0.2) is 30.1 Å². The molecule has 1 aliphatic carbocycles. The van der Waals surface area contributed by atoms with Gasteiger partial charge >= 0.3 is 6.18 Å². The lowest BCUT2D eigenvalue weighted by molar-refractivity contribution is -0.137. The summed E-state index contributed by atoms with van der Waals surface area (Å²) in [5.41, 5.74) is -1.20. The van der Waals surface area contributed by atoms with Crippen molar-refractivity contribution in [1.82, 2.24) is 4.90 Å². The number of alkyl halides is 3. The van der Waals surface area contributed by atoms with Crippen LogP contribution < -0.4 is 21.5 Å². The summed E-state index contributed by atoms with van der Waals surface area (Å²) in [5.74, 6) is 0. The molecule has 2 atom stereocenters. The van der Waals surface area contributed by atoms with Gasteiger partial charge in [-0.2, -0.15) is 13.2 Å². The Morgan fingerprint density at radius 3 is 1.95 bits per heavy atom. The van der Waals surface area contributed by atoms with Gasteiger partial charge in [-0.05, 0) is 63.0 Å². The number of hydrogen-bond acceptors (Lipinski definition) is 5. The van der Waals surface area contributed by atoms with Crippen LogP contribution in [-0.2, 0) is 6.18 Å². The molecular formula is C29H42F3N3O2. The predicted molar refractivity (Wildman–Crippen MR) is 146 cm³/mol. The van der Waals surface area contributed by atoms with Gasteiger partial charge in [0.2, 0.25) is 0 Å². The highest BCUT2D eigenvalue weighted by atomic mass is 19.4. The van der Waals surface area contributed by atoms with Crippen LogP contribution in [0.2, 0.25) is 0 Å². The van der Waals surface area contributed by atoms with E-state index in [1.165, 1.54) is 50.7 Å². The van der Waals surface area contributed by atoms with Crippen molar-refractivity contribution >= 4 is 17.1 Å². The van der Waals surface area contributed by atoms with Crippen molar-refractivity contribution in [2.75, 3.05) is 23.7 Å². The van der Waals surface area contributed by atoms with Crippen LogP contribution in [0.1, 0.15) is 96.5 Å². The van der Waals surface area contributed by atoms with Crippen LogP contribution in [0.3, 0.4) is 0 Å². The number of nitrogens with zero attached hydrogens (tertiary/aromatic N) is 1. The summed E-state index contributed by atoms with van der Waals surface area (Å²) in [6.07, 6.45) is 9.36. The van der Waals surface area contributed by atoms with E-state index in [0.29, 0.717) is 11.7 Å². The molecule has 2 N–H and O–H groups in total. The fourth-order valence-corrected chi connectivity index (χ4v) is 5.36. The van der Waals surface area contributed by atoms with Crippen LogP contribution in [0.5, 0.6) is 0 Å². The van der Waals surface area contributed by atoms with Crippen molar-refractivity contribution in [3.05, 3.63) is 50.3 Å². The molecule has 206 valence electrons. The van der Waals surface area contributed by atoms with Gasteiger partial charge < -0.3 is 10.6 Å².